The summed E-state index contributed by atoms with van der Waals surface area (Å²) < 4.78 is 7.43. The Labute approximate surface area is 110 Å². The van der Waals surface area contributed by atoms with Crippen LogP contribution in [0.1, 0.15) is 50.8 Å². The Morgan fingerprint density at radius 3 is 2.83 bits per heavy atom. The molecular weight excluding hydrogens is 226 g/mol. The van der Waals surface area contributed by atoms with E-state index >= 15 is 0 Å². The lowest BCUT2D eigenvalue weighted by Crippen LogP contribution is -2.30. The fourth-order valence-electron chi connectivity index (χ4n) is 3.02. The molecule has 0 radical (unpaired) electrons. The summed E-state index contributed by atoms with van der Waals surface area (Å²) in [7, 11) is 3.74. The number of ether oxygens (including phenoxy) is 1. The molecule has 0 saturated heterocycles. The van der Waals surface area contributed by atoms with E-state index in [0.717, 1.165) is 24.6 Å². The minimum Gasteiger partial charge on any atom is -0.493 e. The van der Waals surface area contributed by atoms with Crippen LogP contribution in [0.3, 0.4) is 0 Å². The average Bonchev–Trinajstić information content (AvgIpc) is 3.01. The molecule has 1 saturated carbocycles. The van der Waals surface area contributed by atoms with Crippen LogP contribution in [0.5, 0.6) is 5.75 Å². The number of methoxy groups -OCH3 is 1. The van der Waals surface area contributed by atoms with Gasteiger partial charge in [0.05, 0.1) is 25.0 Å². The largest absolute Gasteiger partial charge is 0.493 e. The van der Waals surface area contributed by atoms with Crippen molar-refractivity contribution in [3.05, 3.63) is 11.9 Å². The fourth-order valence-corrected chi connectivity index (χ4v) is 3.02. The van der Waals surface area contributed by atoms with Gasteiger partial charge in [-0.2, -0.15) is 5.10 Å². The number of nitrogens with zero attached hydrogens (tertiary/aromatic N) is 2. The van der Waals surface area contributed by atoms with Crippen LogP contribution in [0.2, 0.25) is 0 Å². The van der Waals surface area contributed by atoms with Crippen LogP contribution in [0.15, 0.2) is 6.20 Å². The first-order valence-electron chi connectivity index (χ1n) is 7.07. The van der Waals surface area contributed by atoms with Gasteiger partial charge in [0.2, 0.25) is 0 Å². The fraction of sp³-hybridized carbons (Fsp3) is 0.786. The molecule has 2 rings (SSSR count). The summed E-state index contributed by atoms with van der Waals surface area (Å²) in [5.74, 6) is 1.64. The molecule has 0 bridgehead atoms. The molecule has 4 heteroatoms. The Bertz CT molecular complexity index is 369. The normalized spacial score (nSPS) is 18.2. The molecule has 1 atom stereocenters. The zero-order valence-corrected chi connectivity index (χ0v) is 11.8. The summed E-state index contributed by atoms with van der Waals surface area (Å²) in [6.45, 7) is 3.26. The number of hydrogen-bond acceptors (Lipinski definition) is 3. The van der Waals surface area contributed by atoms with E-state index < -0.39 is 0 Å². The Kier molecular flexibility index (Phi) is 4.64. The molecule has 0 aliphatic heterocycles. The molecule has 1 aliphatic carbocycles. The molecule has 0 aromatic carbocycles. The van der Waals surface area contributed by atoms with Crippen LogP contribution in [-0.4, -0.2) is 23.4 Å². The molecular formula is C14H25N3O. The molecule has 4 nitrogen and oxygen atoms in total. The molecule has 18 heavy (non-hydrogen) atoms. The van der Waals surface area contributed by atoms with Crippen LogP contribution in [0.25, 0.3) is 0 Å². The highest BCUT2D eigenvalue weighted by molar-refractivity contribution is 5.29. The predicted octanol–water partition coefficient (Wildman–Crippen LogP) is 2.66. The van der Waals surface area contributed by atoms with Crippen LogP contribution in [0, 0.1) is 5.92 Å². The van der Waals surface area contributed by atoms with E-state index in [2.05, 4.69) is 17.3 Å². The van der Waals surface area contributed by atoms with Gasteiger partial charge in [0.25, 0.3) is 0 Å². The number of hydrogen-bond donors (Lipinski definition) is 1. The van der Waals surface area contributed by atoms with Crippen molar-refractivity contribution in [3.8, 4) is 5.75 Å². The maximum atomic E-state index is 5.46. The Morgan fingerprint density at radius 2 is 2.22 bits per heavy atom. The second kappa shape index (κ2) is 6.23. The van der Waals surface area contributed by atoms with Gasteiger partial charge < -0.3 is 10.1 Å². The quantitative estimate of drug-likeness (QED) is 0.845. The Hall–Kier alpha value is -1.03. The maximum absolute atomic E-state index is 5.46. The molecule has 1 fully saturated rings. The van der Waals surface area contributed by atoms with Gasteiger partial charge in [0, 0.05) is 7.05 Å². The van der Waals surface area contributed by atoms with Gasteiger partial charge in [0.1, 0.15) is 0 Å². The number of aryl methyl sites for hydroxylation is 1. The van der Waals surface area contributed by atoms with Gasteiger partial charge in [-0.25, -0.2) is 0 Å². The van der Waals surface area contributed by atoms with E-state index in [1.54, 1.807) is 7.11 Å². The first kappa shape index (κ1) is 13.4. The van der Waals surface area contributed by atoms with Gasteiger partial charge in [-0.3, -0.25) is 4.68 Å². The van der Waals surface area contributed by atoms with Gasteiger partial charge in [-0.15, -0.1) is 0 Å². The summed E-state index contributed by atoms with van der Waals surface area (Å²) in [5.41, 5.74) is 1.21. The molecule has 1 aliphatic rings. The molecule has 1 aromatic heterocycles. The zero-order valence-electron chi connectivity index (χ0n) is 11.8. The van der Waals surface area contributed by atoms with Crippen LogP contribution in [0.4, 0.5) is 0 Å². The standard InChI is InChI=1S/C14H25N3O/c1-4-9-15-13(11-7-5-6-8-11)14-12(18-3)10-16-17(14)2/h10-11,13,15H,4-9H2,1-3H3. The average molecular weight is 251 g/mol. The highest BCUT2D eigenvalue weighted by Gasteiger charge is 2.30. The third kappa shape index (κ3) is 2.69. The zero-order chi connectivity index (χ0) is 13.0. The van der Waals surface area contributed by atoms with Gasteiger partial charge in [0.15, 0.2) is 5.75 Å². The molecule has 0 spiro atoms. The van der Waals surface area contributed by atoms with E-state index in [0.29, 0.717) is 6.04 Å². The van der Waals surface area contributed by atoms with Crippen molar-refractivity contribution < 1.29 is 4.74 Å². The third-order valence-corrected chi connectivity index (χ3v) is 3.95. The van der Waals surface area contributed by atoms with E-state index in [4.69, 9.17) is 4.74 Å². The monoisotopic (exact) mass is 251 g/mol. The smallest absolute Gasteiger partial charge is 0.161 e. The molecule has 1 unspecified atom stereocenters. The first-order chi connectivity index (χ1) is 8.77. The molecule has 1 N–H and O–H groups in total. The highest BCUT2D eigenvalue weighted by atomic mass is 16.5. The minimum atomic E-state index is 0.384. The number of nitrogens with one attached hydrogen (secondary N) is 1. The minimum absolute atomic E-state index is 0.384. The van der Waals surface area contributed by atoms with Gasteiger partial charge >= 0.3 is 0 Å². The summed E-state index contributed by atoms with van der Waals surface area (Å²) >= 11 is 0. The van der Waals surface area contributed by atoms with E-state index in [1.807, 2.05) is 17.9 Å². The summed E-state index contributed by atoms with van der Waals surface area (Å²) in [6.07, 6.45) is 8.32. The lowest BCUT2D eigenvalue weighted by molar-refractivity contribution is 0.331. The molecule has 0 amide bonds. The second-order valence-electron chi connectivity index (χ2n) is 5.20. The predicted molar refractivity (Wildman–Crippen MR) is 72.8 cm³/mol. The molecule has 1 heterocycles. The SMILES string of the molecule is CCCNC(c1c(OC)cnn1C)C1CCCC1. The Morgan fingerprint density at radius 1 is 1.50 bits per heavy atom. The molecule has 102 valence electrons. The van der Waals surface area contributed by atoms with Crippen LogP contribution >= 0.6 is 0 Å². The lowest BCUT2D eigenvalue weighted by atomic mass is 9.94. The van der Waals surface area contributed by atoms with Crippen molar-refractivity contribution in [1.29, 1.82) is 0 Å². The van der Waals surface area contributed by atoms with Crippen LogP contribution < -0.4 is 10.1 Å². The van der Waals surface area contributed by atoms with E-state index in [-0.39, 0.29) is 0 Å². The van der Waals surface area contributed by atoms with Crippen molar-refractivity contribution in [2.45, 2.75) is 45.1 Å². The Balaban J connectivity index is 2.23. The molecule has 1 aromatic rings. The van der Waals surface area contributed by atoms with Gasteiger partial charge in [-0.05, 0) is 31.7 Å². The third-order valence-electron chi connectivity index (χ3n) is 3.95. The number of rotatable bonds is 6. The maximum Gasteiger partial charge on any atom is 0.161 e. The highest BCUT2D eigenvalue weighted by Crippen LogP contribution is 2.38. The first-order valence-corrected chi connectivity index (χ1v) is 7.07. The van der Waals surface area contributed by atoms with E-state index in [9.17, 15) is 0 Å². The van der Waals surface area contributed by atoms with Crippen molar-refractivity contribution in [2.24, 2.45) is 13.0 Å². The van der Waals surface area contributed by atoms with E-state index in [1.165, 1.54) is 31.4 Å². The van der Waals surface area contributed by atoms with Crippen molar-refractivity contribution >= 4 is 0 Å². The van der Waals surface area contributed by atoms with Crippen molar-refractivity contribution in [3.63, 3.8) is 0 Å². The summed E-state index contributed by atoms with van der Waals surface area (Å²) in [5, 5.41) is 8.03. The summed E-state index contributed by atoms with van der Waals surface area (Å²) in [6, 6.07) is 0.384. The lowest BCUT2D eigenvalue weighted by Gasteiger charge is -2.25. The van der Waals surface area contributed by atoms with Crippen LogP contribution in [-0.2, 0) is 7.05 Å². The van der Waals surface area contributed by atoms with Crippen molar-refractivity contribution in [1.82, 2.24) is 15.1 Å². The topological polar surface area (TPSA) is 39.1 Å². The van der Waals surface area contributed by atoms with Gasteiger partial charge in [-0.1, -0.05) is 19.8 Å². The summed E-state index contributed by atoms with van der Waals surface area (Å²) in [4.78, 5) is 0. The second-order valence-corrected chi connectivity index (χ2v) is 5.20. The number of aromatic nitrogens is 2. The van der Waals surface area contributed by atoms with Crippen molar-refractivity contribution in [2.75, 3.05) is 13.7 Å².